The van der Waals surface area contributed by atoms with E-state index in [2.05, 4.69) is 15.5 Å². The molecule has 2 aromatic rings. The van der Waals surface area contributed by atoms with Crippen LogP contribution >= 0.6 is 11.3 Å². The minimum absolute atomic E-state index is 0.177. The molecule has 1 aromatic heterocycles. The second kappa shape index (κ2) is 8.01. The lowest BCUT2D eigenvalue weighted by atomic mass is 9.99. The van der Waals surface area contributed by atoms with Crippen LogP contribution in [0.1, 0.15) is 18.4 Å². The highest BCUT2D eigenvalue weighted by Gasteiger charge is 2.33. The van der Waals surface area contributed by atoms with E-state index < -0.39 is 16.1 Å². The summed E-state index contributed by atoms with van der Waals surface area (Å²) in [5, 5.41) is 12.1. The molecule has 0 radical (unpaired) electrons. The van der Waals surface area contributed by atoms with E-state index in [1.807, 2.05) is 31.2 Å². The number of piperidine rings is 1. The Morgan fingerprint density at radius 1 is 1.26 bits per heavy atom. The second-order valence-corrected chi connectivity index (χ2v) is 9.87. The van der Waals surface area contributed by atoms with E-state index in [9.17, 15) is 13.2 Å². The fraction of sp³-hybridized carbons (Fsp3) is 0.471. The van der Waals surface area contributed by atoms with Gasteiger partial charge in [0.25, 0.3) is 10.2 Å². The molecular weight excluding hydrogens is 386 g/mol. The number of amides is 1. The van der Waals surface area contributed by atoms with Gasteiger partial charge in [0.1, 0.15) is 5.01 Å². The number of nitrogens with one attached hydrogen (secondary N) is 1. The van der Waals surface area contributed by atoms with E-state index in [0.29, 0.717) is 24.5 Å². The molecule has 27 heavy (non-hydrogen) atoms. The lowest BCUT2D eigenvalue weighted by molar-refractivity contribution is -0.120. The molecule has 146 valence electrons. The number of carbonyl (C=O) groups excluding carboxylic acids is 1. The predicted octanol–water partition coefficient (Wildman–Crippen LogP) is 1.97. The van der Waals surface area contributed by atoms with Gasteiger partial charge in [0.15, 0.2) is 0 Å². The van der Waals surface area contributed by atoms with Crippen molar-refractivity contribution >= 4 is 32.6 Å². The van der Waals surface area contributed by atoms with Crippen LogP contribution < -0.4 is 5.32 Å². The van der Waals surface area contributed by atoms with Crippen molar-refractivity contribution in [2.75, 3.05) is 32.5 Å². The number of hydrogen-bond acceptors (Lipinski definition) is 6. The molecule has 2 heterocycles. The third-order valence-electron chi connectivity index (χ3n) is 4.50. The first-order valence-electron chi connectivity index (χ1n) is 8.66. The lowest BCUT2D eigenvalue weighted by Gasteiger charge is -2.32. The number of anilines is 1. The van der Waals surface area contributed by atoms with Gasteiger partial charge in [-0.25, -0.2) is 0 Å². The Bertz CT molecular complexity index is 909. The number of aryl methyl sites for hydroxylation is 1. The van der Waals surface area contributed by atoms with Crippen LogP contribution in [-0.4, -0.2) is 60.3 Å². The van der Waals surface area contributed by atoms with Crippen LogP contribution in [0, 0.1) is 12.8 Å². The van der Waals surface area contributed by atoms with Crippen LogP contribution in [0.2, 0.25) is 0 Å². The Hall–Kier alpha value is -1.88. The molecule has 1 amide bonds. The topological polar surface area (TPSA) is 95.5 Å². The number of rotatable bonds is 5. The summed E-state index contributed by atoms with van der Waals surface area (Å²) in [6.45, 7) is 2.62. The highest BCUT2D eigenvalue weighted by atomic mass is 32.2. The molecule has 0 spiro atoms. The molecule has 8 nitrogen and oxygen atoms in total. The molecule has 1 atom stereocenters. The minimum Gasteiger partial charge on any atom is -0.300 e. The van der Waals surface area contributed by atoms with Gasteiger partial charge in [-0.3, -0.25) is 4.79 Å². The number of nitrogens with zero attached hydrogens (tertiary/aromatic N) is 4. The minimum atomic E-state index is -3.51. The van der Waals surface area contributed by atoms with Crippen LogP contribution in [0.5, 0.6) is 0 Å². The zero-order valence-corrected chi connectivity index (χ0v) is 17.2. The van der Waals surface area contributed by atoms with Gasteiger partial charge < -0.3 is 5.32 Å². The van der Waals surface area contributed by atoms with Crippen molar-refractivity contribution in [2.24, 2.45) is 5.92 Å². The van der Waals surface area contributed by atoms with Crippen LogP contribution in [0.3, 0.4) is 0 Å². The van der Waals surface area contributed by atoms with Crippen molar-refractivity contribution in [3.63, 3.8) is 0 Å². The molecule has 1 aromatic carbocycles. The van der Waals surface area contributed by atoms with Crippen molar-refractivity contribution in [3.05, 3.63) is 29.8 Å². The first kappa shape index (κ1) is 19.9. The van der Waals surface area contributed by atoms with E-state index in [1.54, 1.807) is 0 Å². The van der Waals surface area contributed by atoms with Crippen molar-refractivity contribution < 1.29 is 13.2 Å². The summed E-state index contributed by atoms with van der Waals surface area (Å²) in [5.74, 6) is -0.625. The first-order valence-corrected chi connectivity index (χ1v) is 10.9. The summed E-state index contributed by atoms with van der Waals surface area (Å²) >= 11 is 1.30. The lowest BCUT2D eigenvalue weighted by Crippen LogP contribution is -2.47. The molecule has 1 fully saturated rings. The van der Waals surface area contributed by atoms with E-state index in [1.165, 1.54) is 34.0 Å². The quantitative estimate of drug-likeness (QED) is 0.815. The van der Waals surface area contributed by atoms with E-state index in [4.69, 9.17) is 0 Å². The predicted molar refractivity (Wildman–Crippen MR) is 106 cm³/mol. The van der Waals surface area contributed by atoms with Crippen molar-refractivity contribution in [3.8, 4) is 10.6 Å². The molecule has 3 rings (SSSR count). The standard InChI is InChI=1S/C17H23N5O3S2/c1-12-6-8-13(9-7-12)16-19-20-17(26-16)18-15(23)14-5-4-10-22(11-14)27(24,25)21(2)3/h6-9,14H,4-5,10-11H2,1-3H3,(H,18,20,23). The molecule has 10 heteroatoms. The molecule has 0 bridgehead atoms. The van der Waals surface area contributed by atoms with Gasteiger partial charge in [0, 0.05) is 32.7 Å². The maximum absolute atomic E-state index is 12.6. The van der Waals surface area contributed by atoms with Crippen molar-refractivity contribution in [1.29, 1.82) is 0 Å². The second-order valence-electron chi connectivity index (χ2n) is 6.75. The van der Waals surface area contributed by atoms with Crippen LogP contribution in [0.15, 0.2) is 24.3 Å². The molecule has 0 aliphatic carbocycles. The van der Waals surface area contributed by atoms with E-state index >= 15 is 0 Å². The van der Waals surface area contributed by atoms with E-state index in [0.717, 1.165) is 16.1 Å². The molecule has 1 unspecified atom stereocenters. The third-order valence-corrected chi connectivity index (χ3v) is 7.29. The van der Waals surface area contributed by atoms with Crippen LogP contribution in [0.4, 0.5) is 5.13 Å². The number of benzene rings is 1. The van der Waals surface area contributed by atoms with Crippen molar-refractivity contribution in [2.45, 2.75) is 19.8 Å². The normalized spacial score (nSPS) is 18.6. The fourth-order valence-electron chi connectivity index (χ4n) is 2.89. The molecular formula is C17H23N5O3S2. The molecule has 1 aliphatic heterocycles. The zero-order valence-electron chi connectivity index (χ0n) is 15.5. The fourth-order valence-corrected chi connectivity index (χ4v) is 4.83. The molecule has 1 aliphatic rings. The highest BCUT2D eigenvalue weighted by molar-refractivity contribution is 7.86. The average Bonchev–Trinajstić information content (AvgIpc) is 3.10. The van der Waals surface area contributed by atoms with Gasteiger partial charge in [0.05, 0.1) is 5.92 Å². The Labute approximate surface area is 163 Å². The maximum Gasteiger partial charge on any atom is 0.281 e. The van der Waals surface area contributed by atoms with Gasteiger partial charge in [-0.2, -0.15) is 17.0 Å². The number of hydrogen-bond donors (Lipinski definition) is 1. The highest BCUT2D eigenvalue weighted by Crippen LogP contribution is 2.28. The summed E-state index contributed by atoms with van der Waals surface area (Å²) in [7, 11) is -0.528. The van der Waals surface area contributed by atoms with Crippen LogP contribution in [-0.2, 0) is 15.0 Å². The average molecular weight is 410 g/mol. The van der Waals surface area contributed by atoms with E-state index in [-0.39, 0.29) is 12.5 Å². The monoisotopic (exact) mass is 409 g/mol. The zero-order chi connectivity index (χ0) is 19.6. The number of carbonyl (C=O) groups is 1. The van der Waals surface area contributed by atoms with Gasteiger partial charge in [0.2, 0.25) is 11.0 Å². The SMILES string of the molecule is Cc1ccc(-c2nnc(NC(=O)C3CCCN(S(=O)(=O)N(C)C)C3)s2)cc1. The maximum atomic E-state index is 12.6. The summed E-state index contributed by atoms with van der Waals surface area (Å²) < 4.78 is 27.1. The molecule has 1 saturated heterocycles. The molecule has 0 saturated carbocycles. The summed E-state index contributed by atoms with van der Waals surface area (Å²) in [6.07, 6.45) is 1.30. The number of aromatic nitrogens is 2. The Morgan fingerprint density at radius 2 is 1.96 bits per heavy atom. The van der Waals surface area contributed by atoms with Crippen LogP contribution in [0.25, 0.3) is 10.6 Å². The summed E-state index contributed by atoms with van der Waals surface area (Å²) in [4.78, 5) is 12.6. The van der Waals surface area contributed by atoms with Crippen molar-refractivity contribution in [1.82, 2.24) is 18.8 Å². The van der Waals surface area contributed by atoms with Gasteiger partial charge in [-0.15, -0.1) is 10.2 Å². The van der Waals surface area contributed by atoms with Gasteiger partial charge in [-0.1, -0.05) is 41.2 Å². The van der Waals surface area contributed by atoms with Gasteiger partial charge >= 0.3 is 0 Å². The summed E-state index contributed by atoms with van der Waals surface area (Å²) in [5.41, 5.74) is 2.10. The first-order chi connectivity index (χ1) is 12.8. The Morgan fingerprint density at radius 3 is 2.63 bits per heavy atom. The Kier molecular flexibility index (Phi) is 5.89. The largest absolute Gasteiger partial charge is 0.300 e. The van der Waals surface area contributed by atoms with Gasteiger partial charge in [-0.05, 0) is 19.8 Å². The smallest absolute Gasteiger partial charge is 0.281 e. The molecule has 1 N–H and O–H groups in total. The third kappa shape index (κ3) is 4.52. The Balaban J connectivity index is 1.66. The summed E-state index contributed by atoms with van der Waals surface area (Å²) in [6, 6.07) is 7.92.